The van der Waals surface area contributed by atoms with Gasteiger partial charge in [0.1, 0.15) is 0 Å². The Labute approximate surface area is 110 Å². The van der Waals surface area contributed by atoms with Gasteiger partial charge in [0, 0.05) is 5.92 Å². The summed E-state index contributed by atoms with van der Waals surface area (Å²) in [5.41, 5.74) is 5.44. The lowest BCUT2D eigenvalue weighted by atomic mass is 9.78. The summed E-state index contributed by atoms with van der Waals surface area (Å²) in [5.74, 6) is 0.934. The first-order valence-electron chi connectivity index (χ1n) is 7.03. The molecular formula is C16H25NO. The first kappa shape index (κ1) is 13.6. The van der Waals surface area contributed by atoms with Crippen LogP contribution in [0.3, 0.4) is 0 Å². The van der Waals surface area contributed by atoms with Crippen molar-refractivity contribution in [3.05, 3.63) is 34.4 Å². The molecule has 1 aliphatic rings. The number of aliphatic hydroxyl groups excluding tert-OH is 1. The fraction of sp³-hybridized carbons (Fsp3) is 0.625. The Morgan fingerprint density at radius 2 is 1.83 bits per heavy atom. The predicted molar refractivity (Wildman–Crippen MR) is 76.1 cm³/mol. The molecule has 0 bridgehead atoms. The van der Waals surface area contributed by atoms with Crippen LogP contribution in [0.15, 0.2) is 12.1 Å². The van der Waals surface area contributed by atoms with E-state index in [-0.39, 0.29) is 6.61 Å². The van der Waals surface area contributed by atoms with Crippen LogP contribution in [0.25, 0.3) is 0 Å². The van der Waals surface area contributed by atoms with E-state index >= 15 is 0 Å². The number of piperidine rings is 1. The van der Waals surface area contributed by atoms with E-state index in [9.17, 15) is 5.11 Å². The number of hydrogen-bond donors (Lipinski definition) is 2. The normalized spacial score (nSPS) is 18.9. The molecule has 2 rings (SSSR count). The zero-order valence-electron chi connectivity index (χ0n) is 11.8. The molecule has 2 N–H and O–H groups in total. The van der Waals surface area contributed by atoms with Gasteiger partial charge in [-0.2, -0.15) is 0 Å². The molecule has 1 aromatic carbocycles. The van der Waals surface area contributed by atoms with Crippen LogP contribution in [-0.4, -0.2) is 24.8 Å². The summed E-state index contributed by atoms with van der Waals surface area (Å²) >= 11 is 0. The van der Waals surface area contributed by atoms with Crippen molar-refractivity contribution in [3.63, 3.8) is 0 Å². The van der Waals surface area contributed by atoms with Gasteiger partial charge in [-0.05, 0) is 74.9 Å². The largest absolute Gasteiger partial charge is 0.396 e. The van der Waals surface area contributed by atoms with Gasteiger partial charge in [0.25, 0.3) is 0 Å². The highest BCUT2D eigenvalue weighted by molar-refractivity contribution is 5.41. The van der Waals surface area contributed by atoms with Gasteiger partial charge < -0.3 is 10.4 Å². The van der Waals surface area contributed by atoms with Crippen LogP contribution >= 0.6 is 0 Å². The van der Waals surface area contributed by atoms with Crippen molar-refractivity contribution >= 4 is 0 Å². The lowest BCUT2D eigenvalue weighted by molar-refractivity contribution is 0.201. The van der Waals surface area contributed by atoms with Gasteiger partial charge in [0.2, 0.25) is 0 Å². The van der Waals surface area contributed by atoms with Crippen molar-refractivity contribution in [1.82, 2.24) is 5.32 Å². The second-order valence-corrected chi connectivity index (χ2v) is 5.60. The number of rotatable bonds is 3. The first-order chi connectivity index (χ1) is 8.65. The van der Waals surface area contributed by atoms with E-state index in [2.05, 4.69) is 38.2 Å². The minimum Gasteiger partial charge on any atom is -0.396 e. The maximum absolute atomic E-state index is 9.80. The van der Waals surface area contributed by atoms with Crippen LogP contribution in [0.4, 0.5) is 0 Å². The smallest absolute Gasteiger partial charge is 0.0502 e. The van der Waals surface area contributed by atoms with E-state index < -0.39 is 0 Å². The Kier molecular flexibility index (Phi) is 4.41. The molecular weight excluding hydrogens is 222 g/mol. The lowest BCUT2D eigenvalue weighted by Crippen LogP contribution is -2.32. The molecule has 18 heavy (non-hydrogen) atoms. The lowest BCUT2D eigenvalue weighted by Gasteiger charge is -2.31. The summed E-state index contributed by atoms with van der Waals surface area (Å²) in [6.07, 6.45) is 2.36. The molecule has 1 aromatic rings. The summed E-state index contributed by atoms with van der Waals surface area (Å²) in [4.78, 5) is 0. The highest BCUT2D eigenvalue weighted by Crippen LogP contribution is 2.34. The summed E-state index contributed by atoms with van der Waals surface area (Å²) in [5, 5.41) is 13.2. The molecule has 1 aliphatic heterocycles. The fourth-order valence-corrected chi connectivity index (χ4v) is 3.13. The number of nitrogens with one attached hydrogen (secondary N) is 1. The molecule has 0 saturated carbocycles. The highest BCUT2D eigenvalue weighted by atomic mass is 16.3. The maximum atomic E-state index is 9.80. The van der Waals surface area contributed by atoms with E-state index in [4.69, 9.17) is 0 Å². The molecule has 0 aromatic heterocycles. The van der Waals surface area contributed by atoms with Crippen molar-refractivity contribution < 1.29 is 5.11 Å². The van der Waals surface area contributed by atoms with Crippen molar-refractivity contribution in [2.24, 2.45) is 5.92 Å². The monoisotopic (exact) mass is 247 g/mol. The molecule has 0 amide bonds. The number of benzene rings is 1. The molecule has 2 nitrogen and oxygen atoms in total. The molecule has 1 saturated heterocycles. The molecule has 2 heteroatoms. The van der Waals surface area contributed by atoms with Crippen molar-refractivity contribution in [3.8, 4) is 0 Å². The van der Waals surface area contributed by atoms with Gasteiger partial charge in [-0.15, -0.1) is 0 Å². The fourth-order valence-electron chi connectivity index (χ4n) is 3.13. The Balaban J connectivity index is 2.29. The van der Waals surface area contributed by atoms with E-state index in [0.717, 1.165) is 13.1 Å². The highest BCUT2D eigenvalue weighted by Gasteiger charge is 2.25. The molecule has 0 spiro atoms. The summed E-state index contributed by atoms with van der Waals surface area (Å²) in [7, 11) is 0. The molecule has 1 fully saturated rings. The minimum atomic E-state index is 0.272. The van der Waals surface area contributed by atoms with Crippen LogP contribution in [0.1, 0.15) is 41.0 Å². The van der Waals surface area contributed by atoms with Gasteiger partial charge in [0.15, 0.2) is 0 Å². The second-order valence-electron chi connectivity index (χ2n) is 5.60. The molecule has 1 unspecified atom stereocenters. The summed E-state index contributed by atoms with van der Waals surface area (Å²) in [6, 6.07) is 4.42. The van der Waals surface area contributed by atoms with Gasteiger partial charge in [-0.1, -0.05) is 12.1 Å². The average Bonchev–Trinajstić information content (AvgIpc) is 2.41. The zero-order valence-corrected chi connectivity index (χ0v) is 11.8. The van der Waals surface area contributed by atoms with E-state index in [1.807, 2.05) is 0 Å². The third-order valence-corrected chi connectivity index (χ3v) is 4.65. The van der Waals surface area contributed by atoms with Crippen molar-refractivity contribution in [2.45, 2.75) is 39.5 Å². The molecule has 100 valence electrons. The quantitative estimate of drug-likeness (QED) is 0.860. The van der Waals surface area contributed by atoms with Crippen molar-refractivity contribution in [2.75, 3.05) is 19.7 Å². The van der Waals surface area contributed by atoms with E-state index in [1.165, 1.54) is 35.1 Å². The number of aliphatic hydroxyl groups is 1. The first-order valence-corrected chi connectivity index (χ1v) is 7.03. The minimum absolute atomic E-state index is 0.272. The van der Waals surface area contributed by atoms with Gasteiger partial charge >= 0.3 is 0 Å². The number of hydrogen-bond acceptors (Lipinski definition) is 2. The maximum Gasteiger partial charge on any atom is 0.0502 e. The zero-order chi connectivity index (χ0) is 13.1. The second kappa shape index (κ2) is 5.85. The third-order valence-electron chi connectivity index (χ3n) is 4.65. The Bertz CT molecular complexity index is 408. The van der Waals surface area contributed by atoms with Crippen LogP contribution in [0, 0.1) is 26.7 Å². The van der Waals surface area contributed by atoms with Crippen LogP contribution < -0.4 is 5.32 Å². The summed E-state index contributed by atoms with van der Waals surface area (Å²) < 4.78 is 0. The SMILES string of the molecule is Cc1ccc(C(CO)C2CCNCC2)c(C)c1C. The van der Waals surface area contributed by atoms with Crippen LogP contribution in [0.5, 0.6) is 0 Å². The Hall–Kier alpha value is -0.860. The topological polar surface area (TPSA) is 32.3 Å². The Morgan fingerprint density at radius 1 is 1.17 bits per heavy atom. The molecule has 0 aliphatic carbocycles. The third kappa shape index (κ3) is 2.60. The van der Waals surface area contributed by atoms with Gasteiger partial charge in [0.05, 0.1) is 6.61 Å². The standard InChI is InChI=1S/C16H25NO/c1-11-4-5-15(13(3)12(11)2)16(10-18)14-6-8-17-9-7-14/h4-5,14,16-18H,6-10H2,1-3H3. The van der Waals surface area contributed by atoms with E-state index in [1.54, 1.807) is 0 Å². The summed E-state index contributed by atoms with van der Waals surface area (Å²) in [6.45, 7) is 8.99. The van der Waals surface area contributed by atoms with E-state index in [0.29, 0.717) is 11.8 Å². The molecule has 1 atom stereocenters. The van der Waals surface area contributed by atoms with Gasteiger partial charge in [-0.25, -0.2) is 0 Å². The molecule has 1 heterocycles. The van der Waals surface area contributed by atoms with Crippen LogP contribution in [-0.2, 0) is 0 Å². The molecule has 0 radical (unpaired) electrons. The predicted octanol–water partition coefficient (Wildman–Crippen LogP) is 2.69. The van der Waals surface area contributed by atoms with Gasteiger partial charge in [-0.3, -0.25) is 0 Å². The number of aryl methyl sites for hydroxylation is 1. The van der Waals surface area contributed by atoms with Crippen LogP contribution in [0.2, 0.25) is 0 Å². The Morgan fingerprint density at radius 3 is 2.44 bits per heavy atom. The average molecular weight is 247 g/mol. The van der Waals surface area contributed by atoms with Crippen molar-refractivity contribution in [1.29, 1.82) is 0 Å².